The van der Waals surface area contributed by atoms with Crippen molar-refractivity contribution < 1.29 is 4.79 Å². The third-order valence-electron chi connectivity index (χ3n) is 6.78. The second-order valence-electron chi connectivity index (χ2n) is 9.35. The van der Waals surface area contributed by atoms with Crippen LogP contribution in [0.15, 0.2) is 67.0 Å². The predicted molar refractivity (Wildman–Crippen MR) is 136 cm³/mol. The smallest absolute Gasteiger partial charge is 0.225 e. The molecule has 6 heteroatoms. The standard InChI is InChI=1S/C28H31N5O/c1-19-11-12-24(20(2)16-19)25-17-26-27(29-13-15-33(26)31-25)32-14-7-10-23(18-32)28(34)30-21(3)22-8-5-4-6-9-22/h4-6,8-9,11-13,15-17,21,23H,7,10,14,18H2,1-3H3,(H,30,34)/t21-,23+/m1/s1. The molecule has 0 radical (unpaired) electrons. The molecule has 0 spiro atoms. The first-order valence-electron chi connectivity index (χ1n) is 12.0. The molecule has 2 atom stereocenters. The van der Waals surface area contributed by atoms with E-state index in [-0.39, 0.29) is 17.9 Å². The Morgan fingerprint density at radius 2 is 1.94 bits per heavy atom. The number of hydrogen-bond donors (Lipinski definition) is 1. The maximum absolute atomic E-state index is 13.1. The molecular formula is C28H31N5O. The lowest BCUT2D eigenvalue weighted by molar-refractivity contribution is -0.125. The van der Waals surface area contributed by atoms with Crippen molar-refractivity contribution in [2.45, 2.75) is 39.7 Å². The van der Waals surface area contributed by atoms with E-state index in [2.05, 4.69) is 60.5 Å². The van der Waals surface area contributed by atoms with Gasteiger partial charge in [-0.25, -0.2) is 9.50 Å². The highest BCUT2D eigenvalue weighted by atomic mass is 16.2. The van der Waals surface area contributed by atoms with Gasteiger partial charge in [0.25, 0.3) is 0 Å². The van der Waals surface area contributed by atoms with E-state index in [0.717, 1.165) is 47.5 Å². The fraction of sp³-hybridized carbons (Fsp3) is 0.321. The molecule has 0 bridgehead atoms. The zero-order valence-electron chi connectivity index (χ0n) is 20.0. The number of nitrogens with zero attached hydrogens (tertiary/aromatic N) is 4. The van der Waals surface area contributed by atoms with E-state index in [4.69, 9.17) is 10.1 Å². The highest BCUT2D eigenvalue weighted by Gasteiger charge is 2.28. The SMILES string of the molecule is Cc1ccc(-c2cc3c(N4CCC[C@H](C(=O)N[C@H](C)c5ccccc5)C4)nccn3n2)c(C)c1. The molecule has 0 unspecified atom stereocenters. The van der Waals surface area contributed by atoms with Crippen molar-refractivity contribution in [3.8, 4) is 11.3 Å². The maximum atomic E-state index is 13.1. The Kier molecular flexibility index (Phi) is 6.05. The number of anilines is 1. The van der Waals surface area contributed by atoms with Crippen LogP contribution in [0, 0.1) is 19.8 Å². The number of amides is 1. The normalized spacial score (nSPS) is 17.0. The van der Waals surface area contributed by atoms with Crippen LogP contribution in [0.3, 0.4) is 0 Å². The number of aryl methyl sites for hydroxylation is 2. The lowest BCUT2D eigenvalue weighted by Gasteiger charge is -2.33. The minimum Gasteiger partial charge on any atom is -0.354 e. The molecule has 2 aromatic carbocycles. The van der Waals surface area contributed by atoms with Crippen LogP contribution in [0.5, 0.6) is 0 Å². The number of carbonyl (C=O) groups excluding carboxylic acids is 1. The first-order chi connectivity index (χ1) is 16.5. The van der Waals surface area contributed by atoms with Gasteiger partial charge in [0.1, 0.15) is 5.52 Å². The third-order valence-corrected chi connectivity index (χ3v) is 6.78. The van der Waals surface area contributed by atoms with Gasteiger partial charge in [-0.15, -0.1) is 0 Å². The molecule has 0 saturated carbocycles. The summed E-state index contributed by atoms with van der Waals surface area (Å²) >= 11 is 0. The first-order valence-corrected chi connectivity index (χ1v) is 12.0. The van der Waals surface area contributed by atoms with Gasteiger partial charge in [0, 0.05) is 31.0 Å². The van der Waals surface area contributed by atoms with Crippen molar-refractivity contribution in [2.75, 3.05) is 18.0 Å². The fourth-order valence-corrected chi connectivity index (χ4v) is 4.92. The molecule has 174 valence electrons. The Labute approximate surface area is 200 Å². The summed E-state index contributed by atoms with van der Waals surface area (Å²) in [5.41, 5.74) is 6.61. The van der Waals surface area contributed by atoms with E-state index in [9.17, 15) is 4.79 Å². The number of fused-ring (bicyclic) bond motifs is 1. The van der Waals surface area contributed by atoms with E-state index in [1.54, 1.807) is 6.20 Å². The molecule has 6 nitrogen and oxygen atoms in total. The molecule has 1 saturated heterocycles. The zero-order valence-corrected chi connectivity index (χ0v) is 20.0. The molecule has 1 fully saturated rings. The molecule has 1 aliphatic heterocycles. The number of nitrogens with one attached hydrogen (secondary N) is 1. The monoisotopic (exact) mass is 453 g/mol. The predicted octanol–water partition coefficient (Wildman–Crippen LogP) is 5.11. The van der Waals surface area contributed by atoms with E-state index in [0.29, 0.717) is 6.54 Å². The average Bonchev–Trinajstić information content (AvgIpc) is 3.28. The summed E-state index contributed by atoms with van der Waals surface area (Å²) in [5, 5.41) is 8.03. The minimum absolute atomic E-state index is 0.0132. The van der Waals surface area contributed by atoms with Gasteiger partial charge in [0.05, 0.1) is 17.7 Å². The molecule has 1 aliphatic rings. The summed E-state index contributed by atoms with van der Waals surface area (Å²) in [6.07, 6.45) is 5.53. The van der Waals surface area contributed by atoms with Gasteiger partial charge in [-0.2, -0.15) is 5.10 Å². The summed E-state index contributed by atoms with van der Waals surface area (Å²) in [7, 11) is 0. The second-order valence-corrected chi connectivity index (χ2v) is 9.35. The van der Waals surface area contributed by atoms with Crippen LogP contribution in [0.1, 0.15) is 42.5 Å². The summed E-state index contributed by atoms with van der Waals surface area (Å²) in [5.74, 6) is 0.931. The van der Waals surface area contributed by atoms with Gasteiger partial charge in [-0.05, 0) is 50.8 Å². The van der Waals surface area contributed by atoms with E-state index in [1.165, 1.54) is 11.1 Å². The van der Waals surface area contributed by atoms with Crippen molar-refractivity contribution in [2.24, 2.45) is 5.92 Å². The van der Waals surface area contributed by atoms with Crippen molar-refractivity contribution in [3.05, 3.63) is 83.7 Å². The molecule has 4 aromatic rings. The Hall–Kier alpha value is -3.67. The van der Waals surface area contributed by atoms with Crippen molar-refractivity contribution in [1.82, 2.24) is 19.9 Å². The molecule has 3 heterocycles. The van der Waals surface area contributed by atoms with Gasteiger partial charge in [-0.3, -0.25) is 4.79 Å². The number of rotatable bonds is 5. The van der Waals surface area contributed by atoms with Gasteiger partial charge >= 0.3 is 0 Å². The van der Waals surface area contributed by atoms with Crippen LogP contribution in [0.25, 0.3) is 16.8 Å². The molecular weight excluding hydrogens is 422 g/mol. The van der Waals surface area contributed by atoms with Gasteiger partial charge in [0.15, 0.2) is 5.82 Å². The summed E-state index contributed by atoms with van der Waals surface area (Å²) in [4.78, 5) is 20.1. The number of piperidine rings is 1. The first kappa shape index (κ1) is 22.1. The minimum atomic E-state index is -0.0660. The van der Waals surface area contributed by atoms with E-state index < -0.39 is 0 Å². The summed E-state index contributed by atoms with van der Waals surface area (Å²) < 4.78 is 1.90. The zero-order chi connectivity index (χ0) is 23.7. The quantitative estimate of drug-likeness (QED) is 0.456. The Morgan fingerprint density at radius 3 is 2.74 bits per heavy atom. The highest BCUT2D eigenvalue weighted by molar-refractivity contribution is 5.81. The topological polar surface area (TPSA) is 62.5 Å². The average molecular weight is 454 g/mol. The molecule has 1 N–H and O–H groups in total. The lowest BCUT2D eigenvalue weighted by atomic mass is 9.96. The van der Waals surface area contributed by atoms with Crippen molar-refractivity contribution in [3.63, 3.8) is 0 Å². The van der Waals surface area contributed by atoms with Gasteiger partial charge < -0.3 is 10.2 Å². The van der Waals surface area contributed by atoms with Crippen LogP contribution in [-0.2, 0) is 4.79 Å². The number of carbonyl (C=O) groups is 1. The van der Waals surface area contributed by atoms with Crippen molar-refractivity contribution in [1.29, 1.82) is 0 Å². The Morgan fingerprint density at radius 1 is 1.12 bits per heavy atom. The number of aromatic nitrogens is 3. The van der Waals surface area contributed by atoms with Crippen LogP contribution >= 0.6 is 0 Å². The molecule has 34 heavy (non-hydrogen) atoms. The Balaban J connectivity index is 1.37. The number of benzene rings is 2. The fourth-order valence-electron chi connectivity index (χ4n) is 4.92. The maximum Gasteiger partial charge on any atom is 0.225 e. The Bertz CT molecular complexity index is 1310. The number of hydrogen-bond acceptors (Lipinski definition) is 4. The van der Waals surface area contributed by atoms with Crippen LogP contribution < -0.4 is 10.2 Å². The van der Waals surface area contributed by atoms with E-state index in [1.807, 2.05) is 35.8 Å². The highest BCUT2D eigenvalue weighted by Crippen LogP contribution is 2.30. The third kappa shape index (κ3) is 4.40. The van der Waals surface area contributed by atoms with Crippen LogP contribution in [0.4, 0.5) is 5.82 Å². The molecule has 2 aromatic heterocycles. The van der Waals surface area contributed by atoms with Crippen LogP contribution in [0.2, 0.25) is 0 Å². The van der Waals surface area contributed by atoms with Gasteiger partial charge in [-0.1, -0.05) is 54.1 Å². The van der Waals surface area contributed by atoms with E-state index >= 15 is 0 Å². The second kappa shape index (κ2) is 9.29. The lowest BCUT2D eigenvalue weighted by Crippen LogP contribution is -2.44. The molecule has 1 amide bonds. The van der Waals surface area contributed by atoms with Crippen LogP contribution in [-0.4, -0.2) is 33.6 Å². The summed E-state index contributed by atoms with van der Waals surface area (Å²) in [6.45, 7) is 7.80. The largest absolute Gasteiger partial charge is 0.354 e. The molecule has 0 aliphatic carbocycles. The van der Waals surface area contributed by atoms with Gasteiger partial charge in [0.2, 0.25) is 5.91 Å². The van der Waals surface area contributed by atoms with Crippen molar-refractivity contribution >= 4 is 17.2 Å². The summed E-state index contributed by atoms with van der Waals surface area (Å²) in [6, 6.07) is 18.6. The molecule has 5 rings (SSSR count).